The maximum atomic E-state index is 14.2. The number of nitrogens with one attached hydrogen (secondary N) is 3. The SMILES string of the molecule is CCN1CCN(C(=O)N[C@@H](C(=O)N[C@]2(OC)C(=O)N3C(C(=O)O)=C(CSc4nnnn4C(C)N(C)C)CS[C@@H]32)c2ccc(NC(=O)OC[C@@H](N)C(=O)O)cc2)C(=O)C1=O.[NaH]. The van der Waals surface area contributed by atoms with Crippen molar-refractivity contribution in [2.75, 3.05) is 64.3 Å². The molecule has 320 valence electrons. The van der Waals surface area contributed by atoms with Crippen LogP contribution in [0.15, 0.2) is 40.7 Å². The first-order valence-corrected chi connectivity index (χ1v) is 19.8. The molecular formula is C33H43N12NaO12S2. The second kappa shape index (κ2) is 20.2. The molecule has 7 amide bonds. The number of tetrazole rings is 1. The van der Waals surface area contributed by atoms with Crippen LogP contribution in [-0.4, -0.2) is 203 Å². The maximum absolute atomic E-state index is 14.2. The van der Waals surface area contributed by atoms with E-state index >= 15 is 0 Å². The normalized spacial score (nSPS) is 20.4. The molecule has 5 rings (SSSR count). The fourth-order valence-electron chi connectivity index (χ4n) is 6.02. The number of piperazine rings is 1. The summed E-state index contributed by atoms with van der Waals surface area (Å²) in [4.78, 5) is 108. The van der Waals surface area contributed by atoms with Gasteiger partial charge in [0, 0.05) is 43.9 Å². The van der Waals surface area contributed by atoms with E-state index < -0.39 is 77.5 Å². The summed E-state index contributed by atoms with van der Waals surface area (Å²) in [5.74, 6) is -6.55. The summed E-state index contributed by atoms with van der Waals surface area (Å²) in [6.45, 7) is 3.00. The summed E-state index contributed by atoms with van der Waals surface area (Å²) in [5.41, 5.74) is 3.50. The number of hydrogen-bond donors (Lipinski definition) is 6. The number of urea groups is 1. The number of aliphatic carboxylic acids is 2. The topological polar surface area (TPSA) is 314 Å². The van der Waals surface area contributed by atoms with Crippen molar-refractivity contribution in [2.24, 2.45) is 5.73 Å². The van der Waals surface area contributed by atoms with Gasteiger partial charge in [0.1, 0.15) is 35.9 Å². The average molecular weight is 887 g/mol. The molecule has 0 bridgehead atoms. The molecule has 1 aromatic heterocycles. The Morgan fingerprint density at radius 2 is 1.78 bits per heavy atom. The molecule has 0 aliphatic carbocycles. The molecule has 4 heterocycles. The molecule has 0 saturated carbocycles. The Bertz CT molecular complexity index is 2060. The Balaban J connectivity index is 0.00000794. The van der Waals surface area contributed by atoms with Crippen LogP contribution in [0.1, 0.15) is 31.6 Å². The van der Waals surface area contributed by atoms with Crippen LogP contribution in [0.25, 0.3) is 0 Å². The van der Waals surface area contributed by atoms with E-state index in [0.29, 0.717) is 15.6 Å². The van der Waals surface area contributed by atoms with E-state index in [4.69, 9.17) is 20.3 Å². The minimum absolute atomic E-state index is 0. The van der Waals surface area contributed by atoms with Crippen molar-refractivity contribution in [1.82, 2.24) is 50.4 Å². The molecule has 27 heteroatoms. The van der Waals surface area contributed by atoms with Crippen molar-refractivity contribution in [2.45, 2.75) is 48.4 Å². The first-order chi connectivity index (χ1) is 27.9. The second-order valence-corrected chi connectivity index (χ2v) is 15.3. The van der Waals surface area contributed by atoms with Crippen LogP contribution in [0, 0.1) is 0 Å². The van der Waals surface area contributed by atoms with Crippen LogP contribution >= 0.6 is 23.5 Å². The minimum atomic E-state index is -2.12. The number of fused-ring (bicyclic) bond motifs is 1. The first-order valence-electron chi connectivity index (χ1n) is 17.7. The summed E-state index contributed by atoms with van der Waals surface area (Å²) in [6, 6.07) is 1.04. The second-order valence-electron chi connectivity index (χ2n) is 13.3. The van der Waals surface area contributed by atoms with Gasteiger partial charge >= 0.3 is 65.4 Å². The van der Waals surface area contributed by atoms with Gasteiger partial charge in [0.05, 0.1) is 0 Å². The zero-order chi connectivity index (χ0) is 43.3. The molecule has 24 nitrogen and oxygen atoms in total. The average Bonchev–Trinajstić information content (AvgIpc) is 3.68. The van der Waals surface area contributed by atoms with Gasteiger partial charge in [0.15, 0.2) is 0 Å². The third-order valence-electron chi connectivity index (χ3n) is 9.55. The van der Waals surface area contributed by atoms with Crippen LogP contribution in [0.5, 0.6) is 0 Å². The number of likely N-dealkylation sites (N-methyl/N-ethyl adjacent to an activating group) is 1. The number of nitrogens with zero attached hydrogens (tertiary/aromatic N) is 8. The number of carboxylic acids is 2. The summed E-state index contributed by atoms with van der Waals surface area (Å²) in [5, 5.41) is 37.7. The monoisotopic (exact) mass is 886 g/mol. The van der Waals surface area contributed by atoms with Crippen LogP contribution in [0.3, 0.4) is 0 Å². The number of β-lactam (4-membered cyclic amide) rings is 1. The molecule has 1 aromatic carbocycles. The number of imide groups is 1. The molecule has 3 aliphatic rings. The Morgan fingerprint density at radius 3 is 2.38 bits per heavy atom. The molecule has 2 aromatic rings. The van der Waals surface area contributed by atoms with Gasteiger partial charge in [-0.15, -0.1) is 16.9 Å². The fraction of sp³-hybridized carbons (Fsp3) is 0.485. The Kier molecular flexibility index (Phi) is 16.1. The molecule has 7 N–H and O–H groups in total. The van der Waals surface area contributed by atoms with Gasteiger partial charge in [-0.1, -0.05) is 23.9 Å². The number of carbonyl (C=O) groups is 8. The van der Waals surface area contributed by atoms with Gasteiger partial charge in [-0.3, -0.25) is 44.0 Å². The van der Waals surface area contributed by atoms with Crippen molar-refractivity contribution >= 4 is 106 Å². The Hall–Kier alpha value is -4.83. The number of carboxylic acid groups (broad SMARTS) is 2. The number of rotatable bonds is 16. The number of carbonyl (C=O) groups excluding carboxylic acids is 6. The molecule has 1 unspecified atom stereocenters. The summed E-state index contributed by atoms with van der Waals surface area (Å²) < 4.78 is 12.0. The molecule has 2 fully saturated rings. The van der Waals surface area contributed by atoms with E-state index in [2.05, 4.69) is 31.5 Å². The predicted octanol–water partition coefficient (Wildman–Crippen LogP) is -1.99. The zero-order valence-corrected chi connectivity index (χ0v) is 33.9. The van der Waals surface area contributed by atoms with Gasteiger partial charge in [-0.05, 0) is 61.6 Å². The number of amides is 7. The van der Waals surface area contributed by atoms with Crippen molar-refractivity contribution < 1.29 is 58.0 Å². The standard InChI is InChI=1S/C33H42N12O12S2.Na.H/c1-6-42-11-12-43(25(48)24(42)47)30(54)36-21(17-7-9-19(10-8-17)35-32(55)57-13-20(34)26(49)50)23(46)37-33(56-5)28(53)44-22(27(51)52)18(14-58-29(33)44)15-59-31-38-39-40-45(31)16(2)41(3)4;;/h7-10,16,20-21,29H,6,11-15,34H2,1-5H3,(H,35,55)(H,36,54)(H,37,46)(H,49,50)(H,51,52);;/t16?,20-,21-,29-,33+;;/m1../s1. The van der Waals surface area contributed by atoms with E-state index in [1.54, 1.807) is 11.6 Å². The van der Waals surface area contributed by atoms with Gasteiger partial charge < -0.3 is 41.0 Å². The fourth-order valence-corrected chi connectivity index (χ4v) is 8.54. The number of hydrogen-bond acceptors (Lipinski definition) is 17. The van der Waals surface area contributed by atoms with E-state index in [1.165, 1.54) is 40.9 Å². The number of anilines is 1. The van der Waals surface area contributed by atoms with Crippen LogP contribution < -0.4 is 21.7 Å². The van der Waals surface area contributed by atoms with Gasteiger partial charge in [0.2, 0.25) is 11.1 Å². The Labute approximate surface area is 372 Å². The van der Waals surface area contributed by atoms with Crippen molar-refractivity contribution in [3.05, 3.63) is 41.1 Å². The molecule has 0 spiro atoms. The number of thioether (sulfide) groups is 2. The number of benzene rings is 1. The van der Waals surface area contributed by atoms with Crippen molar-refractivity contribution in [1.29, 1.82) is 0 Å². The molecular weight excluding hydrogens is 844 g/mol. The van der Waals surface area contributed by atoms with Crippen LogP contribution in [-0.2, 0) is 38.2 Å². The number of nitrogens with two attached hydrogens (primary N) is 1. The van der Waals surface area contributed by atoms with Gasteiger partial charge in [0.25, 0.3) is 11.6 Å². The number of methoxy groups -OCH3 is 1. The molecule has 2 saturated heterocycles. The summed E-state index contributed by atoms with van der Waals surface area (Å²) in [7, 11) is 4.83. The van der Waals surface area contributed by atoms with Crippen molar-refractivity contribution in [3.8, 4) is 0 Å². The van der Waals surface area contributed by atoms with Crippen molar-refractivity contribution in [3.63, 3.8) is 0 Å². The van der Waals surface area contributed by atoms with Crippen LogP contribution in [0.2, 0.25) is 0 Å². The third kappa shape index (κ3) is 9.86. The van der Waals surface area contributed by atoms with E-state index in [-0.39, 0.29) is 83.8 Å². The van der Waals surface area contributed by atoms with Gasteiger partial charge in [-0.2, -0.15) is 0 Å². The Morgan fingerprint density at radius 1 is 1.10 bits per heavy atom. The zero-order valence-electron chi connectivity index (χ0n) is 32.3. The van der Waals surface area contributed by atoms with E-state index in [1.807, 2.05) is 25.9 Å². The molecule has 0 radical (unpaired) electrons. The third-order valence-corrected chi connectivity index (χ3v) is 11.9. The van der Waals surface area contributed by atoms with E-state index in [0.717, 1.165) is 23.8 Å². The first kappa shape index (κ1) is 47.8. The molecule has 3 aliphatic heterocycles. The van der Waals surface area contributed by atoms with Gasteiger partial charge in [-0.25, -0.2) is 19.1 Å². The van der Waals surface area contributed by atoms with Crippen LogP contribution in [0.4, 0.5) is 15.3 Å². The molecule has 5 atom stereocenters. The summed E-state index contributed by atoms with van der Waals surface area (Å²) in [6.07, 6.45) is -1.26. The van der Waals surface area contributed by atoms with E-state index in [9.17, 15) is 43.5 Å². The summed E-state index contributed by atoms with van der Waals surface area (Å²) >= 11 is 2.30. The molecule has 60 heavy (non-hydrogen) atoms. The number of ether oxygens (including phenoxy) is 2. The predicted molar refractivity (Wildman–Crippen MR) is 212 cm³/mol. The number of aromatic nitrogens is 4. The quantitative estimate of drug-likeness (QED) is 0.0349.